The molecule has 3 amide bonds. The van der Waals surface area contributed by atoms with Gasteiger partial charge in [-0.05, 0) is 43.5 Å². The Labute approximate surface area is 175 Å². The first-order valence-corrected chi connectivity index (χ1v) is 9.83. The molecule has 3 rings (SSSR count). The van der Waals surface area contributed by atoms with Gasteiger partial charge in [0.1, 0.15) is 6.04 Å². The van der Waals surface area contributed by atoms with Crippen molar-refractivity contribution in [1.29, 1.82) is 0 Å². The second-order valence-electron chi connectivity index (χ2n) is 7.61. The van der Waals surface area contributed by atoms with Crippen LogP contribution in [-0.4, -0.2) is 40.7 Å². The van der Waals surface area contributed by atoms with Crippen molar-refractivity contribution in [2.24, 2.45) is 5.92 Å². The summed E-state index contributed by atoms with van der Waals surface area (Å²) in [6.07, 6.45) is -0.861. The van der Waals surface area contributed by atoms with E-state index in [1.807, 2.05) is 19.9 Å². The number of anilines is 1. The Balaban J connectivity index is 1.76. The number of hydrogen-bond donors (Lipinski definition) is 1. The van der Waals surface area contributed by atoms with Crippen molar-refractivity contribution in [2.45, 2.75) is 39.3 Å². The van der Waals surface area contributed by atoms with Gasteiger partial charge in [0.05, 0.1) is 11.1 Å². The van der Waals surface area contributed by atoms with Crippen LogP contribution in [0.5, 0.6) is 0 Å². The van der Waals surface area contributed by atoms with Crippen molar-refractivity contribution in [3.8, 4) is 0 Å². The molecule has 0 spiro atoms. The van der Waals surface area contributed by atoms with Gasteiger partial charge in [-0.3, -0.25) is 19.3 Å². The Morgan fingerprint density at radius 1 is 0.900 bits per heavy atom. The van der Waals surface area contributed by atoms with Crippen LogP contribution < -0.4 is 5.32 Å². The van der Waals surface area contributed by atoms with Crippen LogP contribution in [0.3, 0.4) is 0 Å². The molecule has 0 bridgehead atoms. The van der Waals surface area contributed by atoms with Crippen LogP contribution in [0.2, 0.25) is 0 Å². The predicted octanol–water partition coefficient (Wildman–Crippen LogP) is 3.27. The van der Waals surface area contributed by atoms with Crippen LogP contribution in [0.1, 0.15) is 47.9 Å². The van der Waals surface area contributed by atoms with E-state index in [4.69, 9.17) is 4.74 Å². The number of benzene rings is 2. The number of carbonyl (C=O) groups excluding carboxylic acids is 4. The molecule has 0 radical (unpaired) electrons. The lowest BCUT2D eigenvalue weighted by molar-refractivity contribution is -0.157. The normalized spacial score (nSPS) is 15.0. The highest BCUT2D eigenvalue weighted by Gasteiger charge is 2.44. The van der Waals surface area contributed by atoms with Crippen LogP contribution in [0.4, 0.5) is 5.69 Å². The number of fused-ring (bicyclic) bond motifs is 1. The number of ether oxygens (including phenoxy) is 1. The third kappa shape index (κ3) is 4.40. The minimum atomic E-state index is -1.11. The van der Waals surface area contributed by atoms with Crippen LogP contribution in [0.15, 0.2) is 54.6 Å². The lowest BCUT2D eigenvalue weighted by atomic mass is 10.0. The number of rotatable bonds is 7. The first-order valence-electron chi connectivity index (χ1n) is 9.83. The van der Waals surface area contributed by atoms with Crippen molar-refractivity contribution in [3.63, 3.8) is 0 Å². The Morgan fingerprint density at radius 2 is 1.43 bits per heavy atom. The lowest BCUT2D eigenvalue weighted by Crippen LogP contribution is -2.48. The third-order valence-corrected chi connectivity index (χ3v) is 4.81. The number of imide groups is 1. The van der Waals surface area contributed by atoms with Crippen LogP contribution in [-0.2, 0) is 14.3 Å². The summed E-state index contributed by atoms with van der Waals surface area (Å²) in [6, 6.07) is 14.1. The van der Waals surface area contributed by atoms with Crippen molar-refractivity contribution >= 4 is 29.4 Å². The van der Waals surface area contributed by atoms with Gasteiger partial charge in [-0.25, -0.2) is 4.79 Å². The highest BCUT2D eigenvalue weighted by molar-refractivity contribution is 6.22. The molecule has 7 nitrogen and oxygen atoms in total. The first kappa shape index (κ1) is 21.2. The molecule has 0 aliphatic carbocycles. The fourth-order valence-electron chi connectivity index (χ4n) is 3.32. The summed E-state index contributed by atoms with van der Waals surface area (Å²) in [7, 11) is 0. The SMILES string of the molecule is CC(C)C[C@H](C(=O)O[C@@H](C)C(=O)Nc1ccccc1)N1C(=O)c2ccccc2C1=O. The zero-order valence-electron chi connectivity index (χ0n) is 17.1. The summed E-state index contributed by atoms with van der Waals surface area (Å²) in [4.78, 5) is 51.9. The average Bonchev–Trinajstić information content (AvgIpc) is 2.97. The average molecular weight is 408 g/mol. The van der Waals surface area contributed by atoms with Crippen molar-refractivity contribution in [3.05, 3.63) is 65.7 Å². The monoisotopic (exact) mass is 408 g/mol. The minimum absolute atomic E-state index is 0.0142. The van der Waals surface area contributed by atoms with E-state index in [2.05, 4.69) is 5.32 Å². The van der Waals surface area contributed by atoms with E-state index < -0.39 is 35.8 Å². The maximum atomic E-state index is 12.9. The topological polar surface area (TPSA) is 92.8 Å². The van der Waals surface area contributed by atoms with Gasteiger partial charge >= 0.3 is 5.97 Å². The molecule has 2 aromatic carbocycles. The summed E-state index contributed by atoms with van der Waals surface area (Å²) in [5, 5.41) is 2.66. The molecular formula is C23H24N2O5. The summed E-state index contributed by atoms with van der Waals surface area (Å²) >= 11 is 0. The standard InChI is InChI=1S/C23H24N2O5/c1-14(2)13-19(25-21(27)17-11-7-8-12-18(17)22(25)28)23(29)30-15(3)20(26)24-16-9-5-4-6-10-16/h4-12,14-15,19H,13H2,1-3H3,(H,24,26)/t15-,19+/m0/s1. The highest BCUT2D eigenvalue weighted by Crippen LogP contribution is 2.27. The second kappa shape index (κ2) is 8.90. The molecule has 1 heterocycles. The summed E-state index contributed by atoms with van der Waals surface area (Å²) in [5.74, 6) is -2.33. The van der Waals surface area contributed by atoms with E-state index in [1.165, 1.54) is 6.92 Å². The number of nitrogens with one attached hydrogen (secondary N) is 1. The van der Waals surface area contributed by atoms with Crippen LogP contribution >= 0.6 is 0 Å². The molecule has 0 aromatic heterocycles. The summed E-state index contributed by atoms with van der Waals surface area (Å²) in [6.45, 7) is 5.21. The number of carbonyl (C=O) groups is 4. The van der Waals surface area contributed by atoms with E-state index in [1.54, 1.807) is 48.5 Å². The zero-order valence-corrected chi connectivity index (χ0v) is 17.1. The van der Waals surface area contributed by atoms with Gasteiger partial charge in [0.25, 0.3) is 17.7 Å². The summed E-state index contributed by atoms with van der Waals surface area (Å²) < 4.78 is 5.36. The molecule has 30 heavy (non-hydrogen) atoms. The van der Waals surface area contributed by atoms with Gasteiger partial charge in [-0.1, -0.05) is 44.2 Å². The molecule has 1 aliphatic heterocycles. The largest absolute Gasteiger partial charge is 0.451 e. The molecule has 2 atom stereocenters. The molecular weight excluding hydrogens is 384 g/mol. The molecule has 0 saturated carbocycles. The maximum absolute atomic E-state index is 12.9. The fourth-order valence-corrected chi connectivity index (χ4v) is 3.32. The Hall–Kier alpha value is -3.48. The molecule has 7 heteroatoms. The van der Waals surface area contributed by atoms with Crippen LogP contribution in [0.25, 0.3) is 0 Å². The highest BCUT2D eigenvalue weighted by atomic mass is 16.5. The van der Waals surface area contributed by atoms with Crippen molar-refractivity contribution < 1.29 is 23.9 Å². The Bertz CT molecular complexity index is 936. The first-order chi connectivity index (χ1) is 14.3. The van der Waals surface area contributed by atoms with Gasteiger partial charge < -0.3 is 10.1 Å². The molecule has 1 aliphatic rings. The van der Waals surface area contributed by atoms with Crippen LogP contribution in [0, 0.1) is 5.92 Å². The quantitative estimate of drug-likeness (QED) is 0.561. The van der Waals surface area contributed by atoms with E-state index in [-0.39, 0.29) is 23.5 Å². The molecule has 156 valence electrons. The maximum Gasteiger partial charge on any atom is 0.330 e. The van der Waals surface area contributed by atoms with E-state index in [0.29, 0.717) is 5.69 Å². The molecule has 0 saturated heterocycles. The smallest absolute Gasteiger partial charge is 0.330 e. The third-order valence-electron chi connectivity index (χ3n) is 4.81. The van der Waals surface area contributed by atoms with Crippen molar-refractivity contribution in [1.82, 2.24) is 4.90 Å². The molecule has 0 unspecified atom stereocenters. The number of esters is 1. The number of nitrogens with zero attached hydrogens (tertiary/aromatic N) is 1. The van der Waals surface area contributed by atoms with Gasteiger partial charge in [0.2, 0.25) is 0 Å². The molecule has 2 aromatic rings. The van der Waals surface area contributed by atoms with E-state index >= 15 is 0 Å². The van der Waals surface area contributed by atoms with E-state index in [0.717, 1.165) is 4.90 Å². The van der Waals surface area contributed by atoms with Crippen molar-refractivity contribution in [2.75, 3.05) is 5.32 Å². The fraction of sp³-hybridized carbons (Fsp3) is 0.304. The zero-order chi connectivity index (χ0) is 21.8. The Kier molecular flexibility index (Phi) is 6.30. The van der Waals surface area contributed by atoms with Gasteiger partial charge in [-0.2, -0.15) is 0 Å². The predicted molar refractivity (Wildman–Crippen MR) is 111 cm³/mol. The van der Waals surface area contributed by atoms with Gasteiger partial charge in [0.15, 0.2) is 6.10 Å². The van der Waals surface area contributed by atoms with Gasteiger partial charge in [-0.15, -0.1) is 0 Å². The van der Waals surface area contributed by atoms with E-state index in [9.17, 15) is 19.2 Å². The second-order valence-corrected chi connectivity index (χ2v) is 7.61. The molecule has 0 fully saturated rings. The summed E-state index contributed by atoms with van der Waals surface area (Å²) in [5.41, 5.74) is 1.10. The Morgan fingerprint density at radius 3 is 1.97 bits per heavy atom. The number of amides is 3. The minimum Gasteiger partial charge on any atom is -0.451 e. The molecule has 1 N–H and O–H groups in total. The van der Waals surface area contributed by atoms with Gasteiger partial charge in [0, 0.05) is 5.69 Å². The number of para-hydroxylation sites is 1. The number of hydrogen-bond acceptors (Lipinski definition) is 5. The lowest BCUT2D eigenvalue weighted by Gasteiger charge is -2.27.